The standard InChI is InChI=1S/C18H26N6O2/c1-4-19-18(20-9-6-10-23-15(3)11-14(2)22-23)21-13-16-7-5-8-17(12-16)24(25)26/h5,7-8,11-12H,4,6,9-10,13H2,1-3H3,(H2,19,20,21). The minimum atomic E-state index is -0.393. The quantitative estimate of drug-likeness (QED) is 0.248. The molecule has 0 saturated carbocycles. The van der Waals surface area contributed by atoms with E-state index in [1.807, 2.05) is 24.6 Å². The summed E-state index contributed by atoms with van der Waals surface area (Å²) in [6.07, 6.45) is 0.920. The molecule has 0 aliphatic heterocycles. The maximum absolute atomic E-state index is 10.8. The molecule has 0 bridgehead atoms. The predicted octanol–water partition coefficient (Wildman–Crippen LogP) is 2.55. The summed E-state index contributed by atoms with van der Waals surface area (Å²) >= 11 is 0. The van der Waals surface area contributed by atoms with Gasteiger partial charge >= 0.3 is 0 Å². The Balaban J connectivity index is 1.87. The monoisotopic (exact) mass is 358 g/mol. The van der Waals surface area contributed by atoms with E-state index < -0.39 is 4.92 Å². The molecule has 0 unspecified atom stereocenters. The molecule has 140 valence electrons. The average molecular weight is 358 g/mol. The van der Waals surface area contributed by atoms with Crippen LogP contribution in [0.15, 0.2) is 35.3 Å². The Morgan fingerprint density at radius 2 is 2.12 bits per heavy atom. The van der Waals surface area contributed by atoms with Crippen molar-refractivity contribution in [1.82, 2.24) is 20.4 Å². The van der Waals surface area contributed by atoms with Crippen LogP contribution in [0.4, 0.5) is 5.69 Å². The molecule has 0 radical (unpaired) electrons. The van der Waals surface area contributed by atoms with Crippen molar-refractivity contribution in [3.8, 4) is 0 Å². The van der Waals surface area contributed by atoms with Crippen LogP contribution >= 0.6 is 0 Å². The van der Waals surface area contributed by atoms with Crippen molar-refractivity contribution in [1.29, 1.82) is 0 Å². The zero-order valence-electron chi connectivity index (χ0n) is 15.5. The predicted molar refractivity (Wildman–Crippen MR) is 102 cm³/mol. The molecule has 1 aromatic carbocycles. The van der Waals surface area contributed by atoms with Crippen LogP contribution in [0.2, 0.25) is 0 Å². The van der Waals surface area contributed by atoms with Crippen LogP contribution in [0.3, 0.4) is 0 Å². The highest BCUT2D eigenvalue weighted by atomic mass is 16.6. The summed E-state index contributed by atoms with van der Waals surface area (Å²) in [6.45, 7) is 8.78. The van der Waals surface area contributed by atoms with Crippen molar-refractivity contribution in [2.75, 3.05) is 13.1 Å². The number of hydrogen-bond acceptors (Lipinski definition) is 4. The maximum atomic E-state index is 10.8. The van der Waals surface area contributed by atoms with E-state index in [1.54, 1.807) is 12.1 Å². The first-order valence-corrected chi connectivity index (χ1v) is 8.76. The van der Waals surface area contributed by atoms with Gasteiger partial charge in [-0.3, -0.25) is 14.8 Å². The van der Waals surface area contributed by atoms with E-state index in [-0.39, 0.29) is 5.69 Å². The molecular formula is C18H26N6O2. The van der Waals surface area contributed by atoms with Gasteiger partial charge in [-0.1, -0.05) is 12.1 Å². The highest BCUT2D eigenvalue weighted by molar-refractivity contribution is 5.79. The fraction of sp³-hybridized carbons (Fsp3) is 0.444. The number of rotatable bonds is 8. The maximum Gasteiger partial charge on any atom is 0.269 e. The lowest BCUT2D eigenvalue weighted by molar-refractivity contribution is -0.384. The second kappa shape index (κ2) is 9.55. The smallest absolute Gasteiger partial charge is 0.269 e. The van der Waals surface area contributed by atoms with Crippen molar-refractivity contribution in [3.05, 3.63) is 57.4 Å². The molecule has 8 heteroatoms. The molecule has 0 amide bonds. The van der Waals surface area contributed by atoms with Gasteiger partial charge in [0.05, 0.1) is 17.2 Å². The van der Waals surface area contributed by atoms with Crippen molar-refractivity contribution >= 4 is 11.6 Å². The van der Waals surface area contributed by atoms with E-state index in [0.717, 1.165) is 43.0 Å². The van der Waals surface area contributed by atoms with Crippen LogP contribution in [0, 0.1) is 24.0 Å². The normalized spacial score (nSPS) is 11.4. The Hall–Kier alpha value is -2.90. The topological polar surface area (TPSA) is 97.4 Å². The number of aliphatic imine (C=N–C) groups is 1. The van der Waals surface area contributed by atoms with Gasteiger partial charge < -0.3 is 10.6 Å². The number of non-ortho nitro benzene ring substituents is 1. The van der Waals surface area contributed by atoms with Gasteiger partial charge in [0.15, 0.2) is 5.96 Å². The number of guanidine groups is 1. The Kier molecular flexibility index (Phi) is 7.13. The molecule has 0 saturated heterocycles. The molecule has 2 rings (SSSR count). The Morgan fingerprint density at radius 3 is 2.77 bits per heavy atom. The fourth-order valence-corrected chi connectivity index (χ4v) is 2.62. The minimum Gasteiger partial charge on any atom is -0.357 e. The Labute approximate surface area is 153 Å². The van der Waals surface area contributed by atoms with Gasteiger partial charge in [-0.25, -0.2) is 4.99 Å². The number of nitrogens with zero attached hydrogens (tertiary/aromatic N) is 4. The Bertz CT molecular complexity index is 769. The van der Waals surface area contributed by atoms with Crippen LogP contribution in [-0.4, -0.2) is 33.8 Å². The van der Waals surface area contributed by atoms with Crippen molar-refractivity contribution in [3.63, 3.8) is 0 Å². The molecule has 0 aliphatic rings. The van der Waals surface area contributed by atoms with Crippen molar-refractivity contribution < 1.29 is 4.92 Å². The SMILES string of the molecule is CCNC(=NCc1cccc([N+](=O)[O-])c1)NCCCn1nc(C)cc1C. The summed E-state index contributed by atoms with van der Waals surface area (Å²) in [4.78, 5) is 15.0. The number of aryl methyl sites for hydroxylation is 3. The van der Waals surface area contributed by atoms with Gasteiger partial charge in [0.2, 0.25) is 0 Å². The fourth-order valence-electron chi connectivity index (χ4n) is 2.62. The second-order valence-corrected chi connectivity index (χ2v) is 6.05. The molecule has 26 heavy (non-hydrogen) atoms. The minimum absolute atomic E-state index is 0.0838. The molecule has 0 fully saturated rings. The molecule has 8 nitrogen and oxygen atoms in total. The summed E-state index contributed by atoms with van der Waals surface area (Å²) in [6, 6.07) is 8.62. The first-order chi connectivity index (χ1) is 12.5. The van der Waals surface area contributed by atoms with Crippen LogP contribution < -0.4 is 10.6 Å². The average Bonchev–Trinajstić information content (AvgIpc) is 2.94. The number of aromatic nitrogens is 2. The number of hydrogen-bond donors (Lipinski definition) is 2. The van der Waals surface area contributed by atoms with Crippen LogP contribution in [-0.2, 0) is 13.1 Å². The second-order valence-electron chi connectivity index (χ2n) is 6.05. The molecular weight excluding hydrogens is 332 g/mol. The van der Waals surface area contributed by atoms with E-state index in [9.17, 15) is 10.1 Å². The number of nitro benzene ring substituents is 1. The number of nitrogens with one attached hydrogen (secondary N) is 2. The lowest BCUT2D eigenvalue weighted by Crippen LogP contribution is -2.38. The van der Waals surface area contributed by atoms with Gasteiger partial charge in [0, 0.05) is 37.5 Å². The summed E-state index contributed by atoms with van der Waals surface area (Å²) in [5.74, 6) is 0.701. The van der Waals surface area contributed by atoms with Gasteiger partial charge in [0.25, 0.3) is 5.69 Å². The molecule has 2 N–H and O–H groups in total. The van der Waals surface area contributed by atoms with Gasteiger partial charge in [-0.15, -0.1) is 0 Å². The highest BCUT2D eigenvalue weighted by Gasteiger charge is 2.06. The molecule has 0 aliphatic carbocycles. The van der Waals surface area contributed by atoms with E-state index in [2.05, 4.69) is 33.7 Å². The van der Waals surface area contributed by atoms with Crippen molar-refractivity contribution in [2.45, 2.75) is 40.3 Å². The largest absolute Gasteiger partial charge is 0.357 e. The third kappa shape index (κ3) is 5.87. The molecule has 0 atom stereocenters. The summed E-state index contributed by atoms with van der Waals surface area (Å²) < 4.78 is 2.00. The molecule has 2 aromatic rings. The summed E-state index contributed by atoms with van der Waals surface area (Å²) in [5, 5.41) is 21.8. The third-order valence-corrected chi connectivity index (χ3v) is 3.83. The van der Waals surface area contributed by atoms with E-state index in [1.165, 1.54) is 6.07 Å². The van der Waals surface area contributed by atoms with Gasteiger partial charge in [-0.2, -0.15) is 5.10 Å². The van der Waals surface area contributed by atoms with Crippen LogP contribution in [0.1, 0.15) is 30.3 Å². The molecule has 1 heterocycles. The zero-order chi connectivity index (χ0) is 18.9. The first kappa shape index (κ1) is 19.4. The highest BCUT2D eigenvalue weighted by Crippen LogP contribution is 2.13. The zero-order valence-corrected chi connectivity index (χ0v) is 15.5. The Morgan fingerprint density at radius 1 is 1.31 bits per heavy atom. The van der Waals surface area contributed by atoms with Gasteiger partial charge in [0.1, 0.15) is 0 Å². The lowest BCUT2D eigenvalue weighted by Gasteiger charge is -2.11. The van der Waals surface area contributed by atoms with Crippen LogP contribution in [0.5, 0.6) is 0 Å². The van der Waals surface area contributed by atoms with E-state index in [4.69, 9.17) is 0 Å². The summed E-state index contributed by atoms with van der Waals surface area (Å²) in [5.41, 5.74) is 3.08. The number of benzene rings is 1. The first-order valence-electron chi connectivity index (χ1n) is 8.76. The van der Waals surface area contributed by atoms with Crippen LogP contribution in [0.25, 0.3) is 0 Å². The van der Waals surface area contributed by atoms with E-state index in [0.29, 0.717) is 12.5 Å². The third-order valence-electron chi connectivity index (χ3n) is 3.83. The van der Waals surface area contributed by atoms with Gasteiger partial charge in [-0.05, 0) is 38.8 Å². The molecule has 1 aromatic heterocycles. The lowest BCUT2D eigenvalue weighted by atomic mass is 10.2. The number of nitro groups is 1. The van der Waals surface area contributed by atoms with Crippen molar-refractivity contribution in [2.24, 2.45) is 4.99 Å². The molecule has 0 spiro atoms. The summed E-state index contributed by atoms with van der Waals surface area (Å²) in [7, 11) is 0. The van der Waals surface area contributed by atoms with E-state index >= 15 is 0 Å².